The Morgan fingerprint density at radius 2 is 2.22 bits per heavy atom. The molecule has 0 bridgehead atoms. The van der Waals surface area contributed by atoms with E-state index in [1.165, 1.54) is 12.1 Å². The molecule has 5 heteroatoms. The minimum Gasteiger partial charge on any atom is -0.335 e. The number of nitrogens with one attached hydrogen (secondary N) is 1. The third-order valence-corrected chi connectivity index (χ3v) is 3.42. The lowest BCUT2D eigenvalue weighted by Gasteiger charge is -2.39. The molecule has 2 rings (SSSR count). The summed E-state index contributed by atoms with van der Waals surface area (Å²) in [5.41, 5.74) is 0.0997. The van der Waals surface area contributed by atoms with Crippen LogP contribution in [0, 0.1) is 5.82 Å². The molecule has 0 unspecified atom stereocenters. The van der Waals surface area contributed by atoms with Gasteiger partial charge in [0.2, 0.25) is 0 Å². The minimum absolute atomic E-state index is 0.0983. The molecule has 1 aromatic rings. The number of nitrogens with zero attached hydrogens (tertiary/aromatic N) is 1. The SMILES string of the molecule is CC1(C)CN(C(=O)c2cccc(F)c2Cl)CCN1. The monoisotopic (exact) mass is 270 g/mol. The van der Waals surface area contributed by atoms with Crippen LogP contribution in [-0.2, 0) is 0 Å². The van der Waals surface area contributed by atoms with E-state index in [2.05, 4.69) is 5.32 Å². The molecule has 0 aromatic heterocycles. The third-order valence-electron chi connectivity index (χ3n) is 3.04. The van der Waals surface area contributed by atoms with Crippen molar-refractivity contribution in [2.24, 2.45) is 0 Å². The highest BCUT2D eigenvalue weighted by atomic mass is 35.5. The molecule has 98 valence electrons. The Balaban J connectivity index is 2.23. The maximum Gasteiger partial charge on any atom is 0.255 e. The summed E-state index contributed by atoms with van der Waals surface area (Å²) in [6.45, 7) is 5.97. The minimum atomic E-state index is -0.558. The van der Waals surface area contributed by atoms with Gasteiger partial charge < -0.3 is 10.2 Å². The fourth-order valence-corrected chi connectivity index (χ4v) is 2.36. The number of piperazine rings is 1. The van der Waals surface area contributed by atoms with Crippen LogP contribution in [0.15, 0.2) is 18.2 Å². The first-order valence-electron chi connectivity index (χ1n) is 5.89. The van der Waals surface area contributed by atoms with Gasteiger partial charge in [0.25, 0.3) is 5.91 Å². The van der Waals surface area contributed by atoms with E-state index < -0.39 is 5.82 Å². The summed E-state index contributed by atoms with van der Waals surface area (Å²) in [6.07, 6.45) is 0. The quantitative estimate of drug-likeness (QED) is 0.849. The van der Waals surface area contributed by atoms with Gasteiger partial charge in [0.05, 0.1) is 10.6 Å². The molecule has 0 aliphatic carbocycles. The van der Waals surface area contributed by atoms with Gasteiger partial charge in [-0.3, -0.25) is 4.79 Å². The number of rotatable bonds is 1. The largest absolute Gasteiger partial charge is 0.335 e. The average Bonchev–Trinajstić information content (AvgIpc) is 2.30. The molecule has 1 aliphatic rings. The molecule has 0 spiro atoms. The van der Waals surface area contributed by atoms with Gasteiger partial charge in [0.1, 0.15) is 5.82 Å². The lowest BCUT2D eigenvalue weighted by Crippen LogP contribution is -2.58. The van der Waals surface area contributed by atoms with Crippen LogP contribution >= 0.6 is 11.6 Å². The Hall–Kier alpha value is -1.13. The van der Waals surface area contributed by atoms with Crippen molar-refractivity contribution in [3.05, 3.63) is 34.6 Å². The molecule has 0 radical (unpaired) electrons. The Labute approximate surface area is 111 Å². The van der Waals surface area contributed by atoms with Crippen LogP contribution in [0.25, 0.3) is 0 Å². The van der Waals surface area contributed by atoms with Gasteiger partial charge in [-0.05, 0) is 26.0 Å². The summed E-state index contributed by atoms with van der Waals surface area (Å²) in [5, 5.41) is 3.22. The van der Waals surface area contributed by atoms with Crippen molar-refractivity contribution in [3.63, 3.8) is 0 Å². The molecule has 1 aliphatic heterocycles. The van der Waals surface area contributed by atoms with E-state index >= 15 is 0 Å². The predicted octanol–water partition coefficient (Wildman–Crippen LogP) is 2.30. The second kappa shape index (κ2) is 4.86. The highest BCUT2D eigenvalue weighted by Gasteiger charge is 2.30. The summed E-state index contributed by atoms with van der Waals surface area (Å²) >= 11 is 5.84. The smallest absolute Gasteiger partial charge is 0.255 e. The highest BCUT2D eigenvalue weighted by molar-refractivity contribution is 6.34. The second-order valence-corrected chi connectivity index (χ2v) is 5.52. The molecule has 1 amide bonds. The van der Waals surface area contributed by atoms with Gasteiger partial charge in [0, 0.05) is 25.2 Å². The maximum atomic E-state index is 13.3. The van der Waals surface area contributed by atoms with E-state index in [-0.39, 0.29) is 22.0 Å². The number of benzene rings is 1. The van der Waals surface area contributed by atoms with E-state index in [0.29, 0.717) is 13.1 Å². The topological polar surface area (TPSA) is 32.3 Å². The molecule has 3 nitrogen and oxygen atoms in total. The van der Waals surface area contributed by atoms with E-state index in [1.807, 2.05) is 13.8 Å². The van der Waals surface area contributed by atoms with Gasteiger partial charge in [-0.1, -0.05) is 17.7 Å². The van der Waals surface area contributed by atoms with Crippen LogP contribution in [0.1, 0.15) is 24.2 Å². The number of halogens is 2. The van der Waals surface area contributed by atoms with Gasteiger partial charge >= 0.3 is 0 Å². The molecule has 1 aromatic carbocycles. The van der Waals surface area contributed by atoms with E-state index in [1.54, 1.807) is 11.0 Å². The van der Waals surface area contributed by atoms with Gasteiger partial charge in [-0.25, -0.2) is 4.39 Å². The molecule has 0 saturated carbocycles. The molecular formula is C13H16ClFN2O. The van der Waals surface area contributed by atoms with Crippen LogP contribution in [-0.4, -0.2) is 36.0 Å². The summed E-state index contributed by atoms with van der Waals surface area (Å²) in [4.78, 5) is 14.0. The lowest BCUT2D eigenvalue weighted by atomic mass is 10.0. The van der Waals surface area contributed by atoms with Crippen LogP contribution in [0.3, 0.4) is 0 Å². The van der Waals surface area contributed by atoms with Gasteiger partial charge in [-0.2, -0.15) is 0 Å². The zero-order valence-corrected chi connectivity index (χ0v) is 11.2. The maximum absolute atomic E-state index is 13.3. The lowest BCUT2D eigenvalue weighted by molar-refractivity contribution is 0.0652. The van der Waals surface area contributed by atoms with Crippen molar-refractivity contribution < 1.29 is 9.18 Å². The Kier molecular flexibility index (Phi) is 3.59. The Morgan fingerprint density at radius 3 is 2.89 bits per heavy atom. The number of amides is 1. The van der Waals surface area contributed by atoms with Crippen LogP contribution in [0.5, 0.6) is 0 Å². The number of carbonyl (C=O) groups excluding carboxylic acids is 1. The van der Waals surface area contributed by atoms with Crippen molar-refractivity contribution in [1.29, 1.82) is 0 Å². The zero-order valence-electron chi connectivity index (χ0n) is 10.5. The summed E-state index contributed by atoms with van der Waals surface area (Å²) in [6, 6.07) is 4.31. The molecule has 18 heavy (non-hydrogen) atoms. The standard InChI is InChI=1S/C13H16ClFN2O/c1-13(2)8-17(7-6-16-13)12(18)9-4-3-5-10(15)11(9)14/h3-5,16H,6-8H2,1-2H3. The first kappa shape index (κ1) is 13.3. The number of hydrogen-bond donors (Lipinski definition) is 1. The summed E-state index contributed by atoms with van der Waals surface area (Å²) < 4.78 is 13.3. The van der Waals surface area contributed by atoms with Gasteiger partial charge in [0.15, 0.2) is 0 Å². The van der Waals surface area contributed by atoms with Gasteiger partial charge in [-0.15, -0.1) is 0 Å². The molecular weight excluding hydrogens is 255 g/mol. The van der Waals surface area contributed by atoms with Crippen LogP contribution < -0.4 is 5.32 Å². The fraction of sp³-hybridized carbons (Fsp3) is 0.462. The third kappa shape index (κ3) is 2.65. The van der Waals surface area contributed by atoms with Crippen molar-refractivity contribution in [1.82, 2.24) is 10.2 Å². The number of hydrogen-bond acceptors (Lipinski definition) is 2. The van der Waals surface area contributed by atoms with E-state index in [9.17, 15) is 9.18 Å². The first-order chi connectivity index (χ1) is 8.41. The molecule has 1 N–H and O–H groups in total. The summed E-state index contributed by atoms with van der Waals surface area (Å²) in [5.74, 6) is -0.772. The van der Waals surface area contributed by atoms with E-state index in [0.717, 1.165) is 6.54 Å². The van der Waals surface area contributed by atoms with Crippen molar-refractivity contribution >= 4 is 17.5 Å². The van der Waals surface area contributed by atoms with Crippen molar-refractivity contribution in [2.45, 2.75) is 19.4 Å². The fourth-order valence-electron chi connectivity index (χ4n) is 2.15. The second-order valence-electron chi connectivity index (χ2n) is 5.14. The highest BCUT2D eigenvalue weighted by Crippen LogP contribution is 2.22. The molecule has 1 heterocycles. The first-order valence-corrected chi connectivity index (χ1v) is 6.27. The Bertz CT molecular complexity index is 476. The van der Waals surface area contributed by atoms with Crippen molar-refractivity contribution in [3.8, 4) is 0 Å². The van der Waals surface area contributed by atoms with E-state index in [4.69, 9.17) is 11.6 Å². The summed E-state index contributed by atoms with van der Waals surface area (Å²) in [7, 11) is 0. The van der Waals surface area contributed by atoms with Crippen LogP contribution in [0.4, 0.5) is 4.39 Å². The molecule has 1 saturated heterocycles. The number of carbonyl (C=O) groups is 1. The predicted molar refractivity (Wildman–Crippen MR) is 69.4 cm³/mol. The van der Waals surface area contributed by atoms with Crippen LogP contribution in [0.2, 0.25) is 5.02 Å². The normalized spacial score (nSPS) is 18.8. The zero-order chi connectivity index (χ0) is 13.3. The molecule has 1 fully saturated rings. The Morgan fingerprint density at radius 1 is 1.50 bits per heavy atom. The molecule has 0 atom stereocenters. The average molecular weight is 271 g/mol. The van der Waals surface area contributed by atoms with Crippen molar-refractivity contribution in [2.75, 3.05) is 19.6 Å².